The lowest BCUT2D eigenvalue weighted by atomic mass is 10.0. The Bertz CT molecular complexity index is 581. The van der Waals surface area contributed by atoms with Gasteiger partial charge in [0.15, 0.2) is 5.69 Å². The number of nitrogens with zero attached hydrogens (tertiary/aromatic N) is 1. The van der Waals surface area contributed by atoms with Gasteiger partial charge in [0, 0.05) is 11.2 Å². The van der Waals surface area contributed by atoms with Gasteiger partial charge in [0.2, 0.25) is 0 Å². The van der Waals surface area contributed by atoms with Crippen molar-refractivity contribution in [1.29, 1.82) is 0 Å². The Morgan fingerprint density at radius 3 is 1.74 bits per heavy atom. The van der Waals surface area contributed by atoms with Crippen LogP contribution in [0.25, 0.3) is 16.0 Å². The molecule has 1 N–H and O–H groups in total. The average molecular weight is 250 g/mol. The summed E-state index contributed by atoms with van der Waals surface area (Å²) < 4.78 is 0. The summed E-state index contributed by atoms with van der Waals surface area (Å²) >= 11 is 0. The first-order chi connectivity index (χ1) is 8.98. The summed E-state index contributed by atoms with van der Waals surface area (Å²) in [6.45, 7) is 13.4. The summed E-state index contributed by atoms with van der Waals surface area (Å²) in [5, 5.41) is 3.44. The first kappa shape index (κ1) is 13.2. The molecule has 0 aliphatic carbocycles. The van der Waals surface area contributed by atoms with Gasteiger partial charge in [-0.25, -0.2) is 4.85 Å². The van der Waals surface area contributed by atoms with E-state index in [0.717, 1.165) is 16.8 Å². The lowest BCUT2D eigenvalue weighted by Gasteiger charge is -2.22. The Kier molecular flexibility index (Phi) is 3.57. The third-order valence-corrected chi connectivity index (χ3v) is 2.73. The standard InChI is InChI=1S/C17H18N2/c1-17(2,3)19-16-11-7-14(8-12-16)13-5-9-15(18-4)10-6-13/h5-12,19H,1-3H3. The first-order valence-corrected chi connectivity index (χ1v) is 6.34. The van der Waals surface area contributed by atoms with E-state index in [2.05, 4.69) is 55.2 Å². The minimum Gasteiger partial charge on any atom is -0.380 e. The highest BCUT2D eigenvalue weighted by Gasteiger charge is 2.08. The number of hydrogen-bond donors (Lipinski definition) is 1. The summed E-state index contributed by atoms with van der Waals surface area (Å²) in [6, 6.07) is 16.0. The normalized spacial score (nSPS) is 10.8. The van der Waals surface area contributed by atoms with Crippen LogP contribution in [0.15, 0.2) is 48.5 Å². The zero-order valence-corrected chi connectivity index (χ0v) is 11.6. The maximum absolute atomic E-state index is 6.95. The van der Waals surface area contributed by atoms with Gasteiger partial charge in [-0.05, 0) is 44.0 Å². The second-order valence-electron chi connectivity index (χ2n) is 5.61. The summed E-state index contributed by atoms with van der Waals surface area (Å²) in [5.41, 5.74) is 4.16. The molecule has 0 spiro atoms. The van der Waals surface area contributed by atoms with E-state index in [1.807, 2.05) is 24.3 Å². The molecule has 2 nitrogen and oxygen atoms in total. The first-order valence-electron chi connectivity index (χ1n) is 6.34. The molecule has 96 valence electrons. The van der Waals surface area contributed by atoms with Gasteiger partial charge >= 0.3 is 0 Å². The van der Waals surface area contributed by atoms with Crippen LogP contribution in [-0.4, -0.2) is 5.54 Å². The van der Waals surface area contributed by atoms with Crippen molar-refractivity contribution in [2.24, 2.45) is 0 Å². The van der Waals surface area contributed by atoms with Gasteiger partial charge in [-0.3, -0.25) is 0 Å². The molecule has 2 heteroatoms. The summed E-state index contributed by atoms with van der Waals surface area (Å²) in [7, 11) is 0. The van der Waals surface area contributed by atoms with E-state index in [1.165, 1.54) is 0 Å². The number of anilines is 1. The molecule has 19 heavy (non-hydrogen) atoms. The van der Waals surface area contributed by atoms with Crippen molar-refractivity contribution in [3.63, 3.8) is 0 Å². The van der Waals surface area contributed by atoms with E-state index in [1.54, 1.807) is 0 Å². The molecule has 0 unspecified atom stereocenters. The molecule has 0 bridgehead atoms. The maximum atomic E-state index is 6.95. The summed E-state index contributed by atoms with van der Waals surface area (Å²) in [5.74, 6) is 0. The molecule has 0 saturated heterocycles. The second kappa shape index (κ2) is 5.16. The number of nitrogens with one attached hydrogen (secondary N) is 1. The fraction of sp³-hybridized carbons (Fsp3) is 0.235. The predicted molar refractivity (Wildman–Crippen MR) is 81.5 cm³/mol. The molecule has 0 aliphatic heterocycles. The Hall–Kier alpha value is -2.27. The van der Waals surface area contributed by atoms with Gasteiger partial charge < -0.3 is 5.32 Å². The molecule has 0 heterocycles. The highest BCUT2D eigenvalue weighted by Crippen LogP contribution is 2.24. The van der Waals surface area contributed by atoms with Gasteiger partial charge in [-0.1, -0.05) is 36.4 Å². The Balaban J connectivity index is 2.20. The van der Waals surface area contributed by atoms with Crippen molar-refractivity contribution in [1.82, 2.24) is 0 Å². The molecule has 0 aromatic heterocycles. The van der Waals surface area contributed by atoms with Crippen molar-refractivity contribution in [3.05, 3.63) is 59.9 Å². The van der Waals surface area contributed by atoms with Crippen LogP contribution in [0.4, 0.5) is 11.4 Å². The van der Waals surface area contributed by atoms with E-state index in [0.29, 0.717) is 5.69 Å². The monoisotopic (exact) mass is 250 g/mol. The van der Waals surface area contributed by atoms with Crippen molar-refractivity contribution < 1.29 is 0 Å². The zero-order valence-electron chi connectivity index (χ0n) is 11.6. The lowest BCUT2D eigenvalue weighted by Crippen LogP contribution is -2.25. The Morgan fingerprint density at radius 2 is 1.32 bits per heavy atom. The minimum absolute atomic E-state index is 0.0682. The van der Waals surface area contributed by atoms with Crippen LogP contribution in [-0.2, 0) is 0 Å². The number of hydrogen-bond acceptors (Lipinski definition) is 1. The van der Waals surface area contributed by atoms with Gasteiger partial charge in [-0.15, -0.1) is 0 Å². The molecule has 0 aliphatic rings. The SMILES string of the molecule is [C-]#[N+]c1ccc(-c2ccc(NC(C)(C)C)cc2)cc1. The Morgan fingerprint density at radius 1 is 0.842 bits per heavy atom. The van der Waals surface area contributed by atoms with Crippen LogP contribution >= 0.6 is 0 Å². The highest BCUT2D eigenvalue weighted by molar-refractivity contribution is 5.68. The zero-order chi connectivity index (χ0) is 13.9. The summed E-state index contributed by atoms with van der Waals surface area (Å²) in [4.78, 5) is 3.40. The largest absolute Gasteiger partial charge is 0.380 e. The van der Waals surface area contributed by atoms with Gasteiger partial charge in [0.25, 0.3) is 0 Å². The number of benzene rings is 2. The van der Waals surface area contributed by atoms with Crippen molar-refractivity contribution in [3.8, 4) is 11.1 Å². The molecule has 2 rings (SSSR count). The third kappa shape index (κ3) is 3.59. The van der Waals surface area contributed by atoms with Gasteiger partial charge in [0.1, 0.15) is 0 Å². The van der Waals surface area contributed by atoms with E-state index in [4.69, 9.17) is 6.57 Å². The molecule has 0 amide bonds. The molecular formula is C17H18N2. The summed E-state index contributed by atoms with van der Waals surface area (Å²) in [6.07, 6.45) is 0. The van der Waals surface area contributed by atoms with Crippen molar-refractivity contribution in [2.75, 3.05) is 5.32 Å². The fourth-order valence-corrected chi connectivity index (χ4v) is 1.91. The number of rotatable bonds is 2. The molecule has 0 saturated carbocycles. The van der Waals surface area contributed by atoms with Crippen LogP contribution in [0, 0.1) is 6.57 Å². The minimum atomic E-state index is 0.0682. The van der Waals surface area contributed by atoms with E-state index in [9.17, 15) is 0 Å². The van der Waals surface area contributed by atoms with Crippen LogP contribution in [0.5, 0.6) is 0 Å². The van der Waals surface area contributed by atoms with Crippen LogP contribution in [0.2, 0.25) is 0 Å². The molecule has 2 aromatic carbocycles. The molecule has 2 aromatic rings. The van der Waals surface area contributed by atoms with Crippen LogP contribution in [0.3, 0.4) is 0 Å². The maximum Gasteiger partial charge on any atom is 0.187 e. The smallest absolute Gasteiger partial charge is 0.187 e. The van der Waals surface area contributed by atoms with Gasteiger partial charge in [0.05, 0.1) is 6.57 Å². The second-order valence-corrected chi connectivity index (χ2v) is 5.61. The lowest BCUT2D eigenvalue weighted by molar-refractivity contribution is 0.634. The van der Waals surface area contributed by atoms with E-state index < -0.39 is 0 Å². The topological polar surface area (TPSA) is 16.4 Å². The third-order valence-electron chi connectivity index (χ3n) is 2.73. The van der Waals surface area contributed by atoms with Crippen LogP contribution < -0.4 is 5.32 Å². The Labute approximate surface area is 114 Å². The highest BCUT2D eigenvalue weighted by atomic mass is 14.9. The predicted octanol–water partition coefficient (Wildman–Crippen LogP) is 5.11. The van der Waals surface area contributed by atoms with Gasteiger partial charge in [-0.2, -0.15) is 0 Å². The molecule has 0 fully saturated rings. The molecular weight excluding hydrogens is 232 g/mol. The van der Waals surface area contributed by atoms with Crippen molar-refractivity contribution >= 4 is 11.4 Å². The van der Waals surface area contributed by atoms with E-state index in [-0.39, 0.29) is 5.54 Å². The van der Waals surface area contributed by atoms with Crippen molar-refractivity contribution in [2.45, 2.75) is 26.3 Å². The molecule has 0 atom stereocenters. The quantitative estimate of drug-likeness (QED) is 0.732. The van der Waals surface area contributed by atoms with Crippen LogP contribution in [0.1, 0.15) is 20.8 Å². The van der Waals surface area contributed by atoms with E-state index >= 15 is 0 Å². The molecule has 0 radical (unpaired) electrons. The average Bonchev–Trinajstić information content (AvgIpc) is 2.38. The fourth-order valence-electron chi connectivity index (χ4n) is 1.91.